The van der Waals surface area contributed by atoms with E-state index in [9.17, 15) is 53.4 Å². The number of rotatable bonds is 22. The Kier molecular flexibility index (Phi) is 28.6. The molecule has 25 nitrogen and oxygen atoms in total. The van der Waals surface area contributed by atoms with Gasteiger partial charge < -0.3 is 86.7 Å². The molecule has 1 aliphatic rings. The summed E-state index contributed by atoms with van der Waals surface area (Å²) >= 11 is 0. The van der Waals surface area contributed by atoms with Crippen molar-refractivity contribution in [3.8, 4) is 0 Å². The Labute approximate surface area is 421 Å². The fourth-order valence-electron chi connectivity index (χ4n) is 7.65. The Morgan fingerprint density at radius 2 is 1.11 bits per heavy atom. The van der Waals surface area contributed by atoms with Gasteiger partial charge in [-0.2, -0.15) is 0 Å². The molecule has 0 aliphatic carbocycles. The lowest BCUT2D eigenvalue weighted by molar-refractivity contribution is -0.136. The molecule has 9 amide bonds. The molecule has 72 heavy (non-hydrogen) atoms. The van der Waals surface area contributed by atoms with E-state index >= 15 is 0 Å². The maximum atomic E-state index is 14.4. The first kappa shape index (κ1) is 62.3. The van der Waals surface area contributed by atoms with Crippen LogP contribution in [-0.4, -0.2) is 163 Å². The molecule has 4 unspecified atom stereocenters. The normalized spacial score (nSPS) is 24.2. The first-order chi connectivity index (χ1) is 34.2. The van der Waals surface area contributed by atoms with Gasteiger partial charge in [0.1, 0.15) is 54.4 Å². The van der Waals surface area contributed by atoms with Crippen molar-refractivity contribution in [2.24, 2.45) is 34.6 Å². The van der Waals surface area contributed by atoms with Crippen molar-refractivity contribution in [3.63, 3.8) is 0 Å². The van der Waals surface area contributed by atoms with Crippen LogP contribution in [0.4, 0.5) is 0 Å². The van der Waals surface area contributed by atoms with Gasteiger partial charge in [-0.25, -0.2) is 0 Å². The molecule has 25 heteroatoms. The molecule has 2 rings (SSSR count). The molecule has 1 saturated heterocycles. The summed E-state index contributed by atoms with van der Waals surface area (Å²) < 4.78 is 0. The standard InChI is InChI=1S/C47H82N14O11/c1-26(2)24-35-44(69)55-30(14-8-10-19-48)39(64)54-31(15-9-11-20-49)43(68)61-38(28(4)63)47(72)53-23-18-34(57-40(65)33(17-22-51)58-46(71)37(52)27(3)62)42(67)56-32(16-21-50)41(66)60-36(45(70)59-35)25-29-12-6-5-7-13-29/h5-7,12-13,26-28,30-38,62-63H,8-11,14-25,48-52H2,1-4H3,(H,53,72)(H,54,64)(H,55,69)(H,56,67)(H,57,65)(H,58,71)(H,59,70)(H,60,66)(H,61,68)/t27-,28-,30?,31+,32+,33+,34?,35?,36?,37+,38+/m1/s1. The topological polar surface area (TPSA) is 432 Å². The number of nitrogens with one attached hydrogen (secondary N) is 9. The predicted molar refractivity (Wildman–Crippen MR) is 267 cm³/mol. The summed E-state index contributed by atoms with van der Waals surface area (Å²) in [5.41, 5.74) is 29.6. The van der Waals surface area contributed by atoms with Crippen LogP contribution in [-0.2, 0) is 49.6 Å². The lowest BCUT2D eigenvalue weighted by Crippen LogP contribution is -2.61. The number of benzene rings is 1. The third-order valence-corrected chi connectivity index (χ3v) is 11.8. The molecular weight excluding hydrogens is 937 g/mol. The van der Waals surface area contributed by atoms with Crippen LogP contribution < -0.4 is 76.5 Å². The SMILES string of the molecule is CC(C)CC1NC(=O)C(Cc2ccccc2)NC(=O)[C@H](CCN)NC(=O)C(NC(=O)[C@H](CCN)NC(=O)[C@@H](N)[C@@H](C)O)CCNC(=O)[C@H]([C@@H](C)O)NC(=O)[C@H](CCCCN)NC(=O)C(CCCCN)NC1=O. The van der Waals surface area contributed by atoms with Crippen LogP contribution in [0.3, 0.4) is 0 Å². The Hall–Kier alpha value is -5.83. The van der Waals surface area contributed by atoms with Crippen molar-refractivity contribution in [2.75, 3.05) is 32.7 Å². The molecule has 1 aromatic rings. The summed E-state index contributed by atoms with van der Waals surface area (Å²) in [6.45, 7) is 6.06. The van der Waals surface area contributed by atoms with E-state index in [4.69, 9.17) is 28.7 Å². The van der Waals surface area contributed by atoms with Crippen LogP contribution >= 0.6 is 0 Å². The molecular formula is C47H82N14O11. The van der Waals surface area contributed by atoms with Gasteiger partial charge in [0.25, 0.3) is 0 Å². The Bertz CT molecular complexity index is 1910. The van der Waals surface area contributed by atoms with Crippen molar-refractivity contribution in [3.05, 3.63) is 35.9 Å². The van der Waals surface area contributed by atoms with Crippen molar-refractivity contribution in [2.45, 2.75) is 165 Å². The van der Waals surface area contributed by atoms with E-state index in [0.29, 0.717) is 31.2 Å². The van der Waals surface area contributed by atoms with Crippen molar-refractivity contribution < 1.29 is 53.4 Å². The largest absolute Gasteiger partial charge is 0.391 e. The van der Waals surface area contributed by atoms with Crippen LogP contribution in [0.1, 0.15) is 97.5 Å². The summed E-state index contributed by atoms with van der Waals surface area (Å²) in [6, 6.07) is -3.83. The van der Waals surface area contributed by atoms with Gasteiger partial charge in [0.15, 0.2) is 0 Å². The maximum absolute atomic E-state index is 14.4. The van der Waals surface area contributed by atoms with Crippen molar-refractivity contribution in [1.29, 1.82) is 0 Å². The Balaban J connectivity index is 2.79. The van der Waals surface area contributed by atoms with Crippen LogP contribution in [0.15, 0.2) is 30.3 Å². The minimum Gasteiger partial charge on any atom is -0.391 e. The van der Waals surface area contributed by atoms with E-state index in [1.165, 1.54) is 13.8 Å². The smallest absolute Gasteiger partial charge is 0.245 e. The van der Waals surface area contributed by atoms with Gasteiger partial charge in [0.05, 0.1) is 12.2 Å². The fourth-order valence-corrected chi connectivity index (χ4v) is 7.65. The fraction of sp³-hybridized carbons (Fsp3) is 0.681. The second kappa shape index (κ2) is 33.0. The van der Waals surface area contributed by atoms with E-state index in [2.05, 4.69) is 47.9 Å². The van der Waals surface area contributed by atoms with Crippen LogP contribution in [0.2, 0.25) is 0 Å². The maximum Gasteiger partial charge on any atom is 0.245 e. The molecule has 1 fully saturated rings. The lowest BCUT2D eigenvalue weighted by Gasteiger charge is -2.28. The molecule has 406 valence electrons. The third-order valence-electron chi connectivity index (χ3n) is 11.8. The molecule has 0 saturated carbocycles. The quantitative estimate of drug-likeness (QED) is 0.0483. The zero-order valence-electron chi connectivity index (χ0n) is 42.1. The van der Waals surface area contributed by atoms with Gasteiger partial charge in [-0.15, -0.1) is 0 Å². The number of unbranched alkanes of at least 4 members (excludes halogenated alkanes) is 2. The number of aliphatic hydroxyl groups is 2. The second-order valence-corrected chi connectivity index (χ2v) is 18.5. The summed E-state index contributed by atoms with van der Waals surface area (Å²) in [5.74, 6) is -7.84. The highest BCUT2D eigenvalue weighted by Crippen LogP contribution is 2.12. The van der Waals surface area contributed by atoms with E-state index in [1.807, 2.05) is 13.8 Å². The van der Waals surface area contributed by atoms with Gasteiger partial charge in [-0.1, -0.05) is 44.2 Å². The average Bonchev–Trinajstić information content (AvgIpc) is 3.33. The van der Waals surface area contributed by atoms with Gasteiger partial charge >= 0.3 is 0 Å². The Morgan fingerprint density at radius 1 is 0.611 bits per heavy atom. The summed E-state index contributed by atoms with van der Waals surface area (Å²) in [6.07, 6.45) is -1.63. The van der Waals surface area contributed by atoms with E-state index < -0.39 is 120 Å². The molecule has 0 aromatic heterocycles. The van der Waals surface area contributed by atoms with E-state index in [-0.39, 0.29) is 83.6 Å². The monoisotopic (exact) mass is 1020 g/mol. The lowest BCUT2D eigenvalue weighted by atomic mass is 9.99. The average molecular weight is 1020 g/mol. The number of carbonyl (C=O) groups excluding carboxylic acids is 9. The molecule has 0 spiro atoms. The molecule has 11 atom stereocenters. The molecule has 1 heterocycles. The molecule has 0 bridgehead atoms. The highest BCUT2D eigenvalue weighted by molar-refractivity contribution is 5.98. The number of hydrogen-bond acceptors (Lipinski definition) is 16. The number of amides is 9. The highest BCUT2D eigenvalue weighted by atomic mass is 16.3. The molecule has 1 aromatic carbocycles. The Morgan fingerprint density at radius 3 is 1.62 bits per heavy atom. The minimum atomic E-state index is -1.61. The predicted octanol–water partition coefficient (Wildman–Crippen LogP) is -5.28. The number of carbonyl (C=O) groups is 9. The van der Waals surface area contributed by atoms with Gasteiger partial charge in [0, 0.05) is 13.0 Å². The summed E-state index contributed by atoms with van der Waals surface area (Å²) in [4.78, 5) is 126. The van der Waals surface area contributed by atoms with Crippen LogP contribution in [0.5, 0.6) is 0 Å². The van der Waals surface area contributed by atoms with Crippen molar-refractivity contribution in [1.82, 2.24) is 47.9 Å². The number of hydrogen-bond donors (Lipinski definition) is 16. The van der Waals surface area contributed by atoms with Crippen LogP contribution in [0, 0.1) is 5.92 Å². The zero-order chi connectivity index (χ0) is 53.9. The number of aliphatic hydroxyl groups excluding tert-OH is 2. The summed E-state index contributed by atoms with van der Waals surface area (Å²) in [5, 5.41) is 44.1. The third kappa shape index (κ3) is 21.9. The summed E-state index contributed by atoms with van der Waals surface area (Å²) in [7, 11) is 0. The first-order valence-electron chi connectivity index (χ1n) is 24.8. The van der Waals surface area contributed by atoms with Gasteiger partial charge in [0.2, 0.25) is 53.2 Å². The van der Waals surface area contributed by atoms with E-state index in [0.717, 1.165) is 0 Å². The highest BCUT2D eigenvalue weighted by Gasteiger charge is 2.36. The molecule has 0 radical (unpaired) electrons. The van der Waals surface area contributed by atoms with Gasteiger partial charge in [-0.05, 0) is 116 Å². The molecule has 21 N–H and O–H groups in total. The van der Waals surface area contributed by atoms with Crippen LogP contribution in [0.25, 0.3) is 0 Å². The molecule has 1 aliphatic heterocycles. The first-order valence-corrected chi connectivity index (χ1v) is 24.8. The number of nitrogens with two attached hydrogens (primary N) is 5. The second-order valence-electron chi connectivity index (χ2n) is 18.5. The van der Waals surface area contributed by atoms with Gasteiger partial charge in [-0.3, -0.25) is 43.2 Å². The van der Waals surface area contributed by atoms with Crippen molar-refractivity contribution >= 4 is 53.2 Å². The minimum absolute atomic E-state index is 0.0468. The van der Waals surface area contributed by atoms with E-state index in [1.54, 1.807) is 30.3 Å². The zero-order valence-corrected chi connectivity index (χ0v) is 42.1.